The molecule has 0 radical (unpaired) electrons. The standard InChI is InChI=1S/C17H26N4O5S/c1-17(2,3)26-16(23)21-7-5-13-12(9-21)14(19-18-13)15(22)20(4)11-6-8-27(24,25)10-11/h11H,5-10H2,1-4H3,(H,18,19). The molecule has 1 aromatic heterocycles. The van der Waals surface area contributed by atoms with Gasteiger partial charge in [0.25, 0.3) is 5.91 Å². The van der Waals surface area contributed by atoms with Gasteiger partial charge in [-0.05, 0) is 27.2 Å². The number of amides is 2. The van der Waals surface area contributed by atoms with Gasteiger partial charge in [0.2, 0.25) is 0 Å². The van der Waals surface area contributed by atoms with Crippen molar-refractivity contribution in [1.29, 1.82) is 0 Å². The molecule has 0 aliphatic carbocycles. The van der Waals surface area contributed by atoms with Crippen molar-refractivity contribution in [3.63, 3.8) is 0 Å². The molecule has 3 rings (SSSR count). The lowest BCUT2D eigenvalue weighted by Crippen LogP contribution is -2.41. The monoisotopic (exact) mass is 398 g/mol. The number of carbonyl (C=O) groups is 2. The lowest BCUT2D eigenvalue weighted by Gasteiger charge is -2.30. The summed E-state index contributed by atoms with van der Waals surface area (Å²) in [4.78, 5) is 28.3. The molecule has 0 spiro atoms. The van der Waals surface area contributed by atoms with E-state index < -0.39 is 21.5 Å². The highest BCUT2D eigenvalue weighted by Crippen LogP contribution is 2.25. The van der Waals surface area contributed by atoms with E-state index in [0.717, 1.165) is 5.69 Å². The number of ether oxygens (including phenoxy) is 1. The van der Waals surface area contributed by atoms with E-state index >= 15 is 0 Å². The molecule has 0 bridgehead atoms. The van der Waals surface area contributed by atoms with Crippen LogP contribution in [0.2, 0.25) is 0 Å². The number of fused-ring (bicyclic) bond motifs is 1. The van der Waals surface area contributed by atoms with Crippen molar-refractivity contribution in [1.82, 2.24) is 20.0 Å². The number of H-pyrrole nitrogens is 1. The summed E-state index contributed by atoms with van der Waals surface area (Å²) in [5.74, 6) is -0.257. The van der Waals surface area contributed by atoms with Crippen molar-refractivity contribution >= 4 is 21.8 Å². The second-order valence-electron chi connectivity index (χ2n) is 8.15. The Hall–Kier alpha value is -2.10. The second-order valence-corrected chi connectivity index (χ2v) is 10.4. The van der Waals surface area contributed by atoms with Gasteiger partial charge >= 0.3 is 6.09 Å². The molecule has 2 amide bonds. The van der Waals surface area contributed by atoms with Crippen LogP contribution in [-0.2, 0) is 27.5 Å². The Morgan fingerprint density at radius 1 is 1.33 bits per heavy atom. The Morgan fingerprint density at radius 2 is 2.04 bits per heavy atom. The third-order valence-electron chi connectivity index (χ3n) is 4.86. The molecule has 2 aliphatic rings. The zero-order chi connectivity index (χ0) is 20.0. The summed E-state index contributed by atoms with van der Waals surface area (Å²) in [6.45, 7) is 6.13. The van der Waals surface area contributed by atoms with Gasteiger partial charge in [-0.25, -0.2) is 13.2 Å². The first-order chi connectivity index (χ1) is 12.5. The molecule has 27 heavy (non-hydrogen) atoms. The maximum Gasteiger partial charge on any atom is 0.410 e. The van der Waals surface area contributed by atoms with Crippen LogP contribution in [0.5, 0.6) is 0 Å². The number of hydrogen-bond acceptors (Lipinski definition) is 6. The quantitative estimate of drug-likeness (QED) is 0.794. The van der Waals surface area contributed by atoms with Gasteiger partial charge in [-0.1, -0.05) is 0 Å². The Labute approximate surface area is 159 Å². The van der Waals surface area contributed by atoms with Crippen molar-refractivity contribution < 1.29 is 22.7 Å². The predicted octanol–water partition coefficient (Wildman–Crippen LogP) is 0.962. The van der Waals surface area contributed by atoms with E-state index in [1.54, 1.807) is 32.7 Å². The second kappa shape index (κ2) is 6.81. The van der Waals surface area contributed by atoms with Crippen molar-refractivity contribution in [2.45, 2.75) is 51.8 Å². The van der Waals surface area contributed by atoms with E-state index in [-0.39, 0.29) is 35.7 Å². The van der Waals surface area contributed by atoms with Crippen LogP contribution >= 0.6 is 0 Å². The summed E-state index contributed by atoms with van der Waals surface area (Å²) >= 11 is 0. The first-order valence-corrected chi connectivity index (χ1v) is 10.8. The Kier molecular flexibility index (Phi) is 4.96. The number of carbonyl (C=O) groups excluding carboxylic acids is 2. The molecule has 1 saturated heterocycles. The van der Waals surface area contributed by atoms with Gasteiger partial charge in [-0.15, -0.1) is 0 Å². The maximum atomic E-state index is 12.9. The fourth-order valence-corrected chi connectivity index (χ4v) is 5.14. The van der Waals surface area contributed by atoms with Gasteiger partial charge in [0.1, 0.15) is 5.60 Å². The minimum atomic E-state index is -3.09. The van der Waals surface area contributed by atoms with Crippen molar-refractivity contribution in [2.75, 3.05) is 25.1 Å². The molecule has 1 fully saturated rings. The van der Waals surface area contributed by atoms with E-state index in [1.807, 2.05) is 0 Å². The number of nitrogens with one attached hydrogen (secondary N) is 1. The van der Waals surface area contributed by atoms with Crippen LogP contribution in [0.4, 0.5) is 4.79 Å². The summed E-state index contributed by atoms with van der Waals surface area (Å²) in [7, 11) is -1.49. The highest BCUT2D eigenvalue weighted by atomic mass is 32.2. The minimum absolute atomic E-state index is 0.0219. The van der Waals surface area contributed by atoms with Crippen LogP contribution in [-0.4, -0.2) is 77.2 Å². The third kappa shape index (κ3) is 4.26. The lowest BCUT2D eigenvalue weighted by atomic mass is 10.0. The van der Waals surface area contributed by atoms with Crippen LogP contribution in [0, 0.1) is 0 Å². The highest BCUT2D eigenvalue weighted by molar-refractivity contribution is 7.91. The first kappa shape index (κ1) is 19.7. The molecule has 10 heteroatoms. The normalized spacial score (nSPS) is 21.6. The average molecular weight is 398 g/mol. The SMILES string of the molecule is CN(C(=O)c1n[nH]c2c1CN(C(=O)OC(C)(C)C)CC2)C1CCS(=O)(=O)C1. The summed E-state index contributed by atoms with van der Waals surface area (Å²) in [6.07, 6.45) is 0.556. The molecule has 3 heterocycles. The Balaban J connectivity index is 1.76. The topological polar surface area (TPSA) is 113 Å². The molecule has 9 nitrogen and oxygen atoms in total. The van der Waals surface area contributed by atoms with Crippen LogP contribution in [0.3, 0.4) is 0 Å². The fraction of sp³-hybridized carbons (Fsp3) is 0.706. The number of nitrogens with zero attached hydrogens (tertiary/aromatic N) is 3. The third-order valence-corrected chi connectivity index (χ3v) is 6.61. The maximum absolute atomic E-state index is 12.9. The molecule has 1 atom stereocenters. The van der Waals surface area contributed by atoms with Gasteiger partial charge in [-0.3, -0.25) is 9.89 Å². The molecule has 2 aliphatic heterocycles. The van der Waals surface area contributed by atoms with Crippen LogP contribution < -0.4 is 0 Å². The van der Waals surface area contributed by atoms with E-state index in [9.17, 15) is 18.0 Å². The number of rotatable bonds is 2. The van der Waals surface area contributed by atoms with Crippen LogP contribution in [0.1, 0.15) is 48.9 Å². The number of aromatic nitrogens is 2. The van der Waals surface area contributed by atoms with Gasteiger partial charge in [0.05, 0.1) is 18.1 Å². The zero-order valence-corrected chi connectivity index (χ0v) is 16.9. The summed E-state index contributed by atoms with van der Waals surface area (Å²) in [6, 6.07) is -0.347. The molecular weight excluding hydrogens is 372 g/mol. The first-order valence-electron chi connectivity index (χ1n) is 8.98. The minimum Gasteiger partial charge on any atom is -0.444 e. The Bertz CT molecular complexity index is 855. The largest absolute Gasteiger partial charge is 0.444 e. The lowest BCUT2D eigenvalue weighted by molar-refractivity contribution is 0.0222. The molecule has 150 valence electrons. The number of sulfone groups is 1. The van der Waals surface area contributed by atoms with E-state index in [2.05, 4.69) is 10.2 Å². The van der Waals surface area contributed by atoms with Crippen molar-refractivity contribution in [3.8, 4) is 0 Å². The van der Waals surface area contributed by atoms with E-state index in [0.29, 0.717) is 24.9 Å². The van der Waals surface area contributed by atoms with Crippen LogP contribution in [0.15, 0.2) is 0 Å². The van der Waals surface area contributed by atoms with Crippen molar-refractivity contribution in [2.24, 2.45) is 0 Å². The smallest absolute Gasteiger partial charge is 0.410 e. The predicted molar refractivity (Wildman–Crippen MR) is 98.1 cm³/mol. The number of hydrogen-bond donors (Lipinski definition) is 1. The molecule has 1 unspecified atom stereocenters. The molecule has 0 aromatic carbocycles. The molecule has 1 aromatic rings. The summed E-state index contributed by atoms with van der Waals surface area (Å²) in [5, 5.41) is 7.03. The zero-order valence-electron chi connectivity index (χ0n) is 16.1. The fourth-order valence-electron chi connectivity index (χ4n) is 3.37. The van der Waals surface area contributed by atoms with Gasteiger partial charge < -0.3 is 14.5 Å². The van der Waals surface area contributed by atoms with E-state index in [4.69, 9.17) is 4.74 Å². The summed E-state index contributed by atoms with van der Waals surface area (Å²) in [5.41, 5.74) is 1.14. The van der Waals surface area contributed by atoms with Gasteiger partial charge in [-0.2, -0.15) is 5.10 Å². The van der Waals surface area contributed by atoms with Crippen molar-refractivity contribution in [3.05, 3.63) is 17.0 Å². The number of aromatic amines is 1. The average Bonchev–Trinajstić information content (AvgIpc) is 3.14. The highest BCUT2D eigenvalue weighted by Gasteiger charge is 2.36. The Morgan fingerprint density at radius 3 is 2.63 bits per heavy atom. The van der Waals surface area contributed by atoms with E-state index in [1.165, 1.54) is 4.90 Å². The van der Waals surface area contributed by atoms with Gasteiger partial charge in [0.15, 0.2) is 15.5 Å². The molecule has 1 N–H and O–H groups in total. The van der Waals surface area contributed by atoms with Gasteiger partial charge in [0, 0.05) is 37.3 Å². The molecular formula is C17H26N4O5S. The summed E-state index contributed by atoms with van der Waals surface area (Å²) < 4.78 is 28.8. The van der Waals surface area contributed by atoms with Crippen LogP contribution in [0.25, 0.3) is 0 Å². The molecule has 0 saturated carbocycles.